The Morgan fingerprint density at radius 3 is 3.17 bits per heavy atom. The molecule has 5 heteroatoms. The van der Waals surface area contributed by atoms with Gasteiger partial charge in [0, 0.05) is 5.56 Å². The molecule has 0 spiro atoms. The molecule has 12 heavy (non-hydrogen) atoms. The Morgan fingerprint density at radius 2 is 2.33 bits per heavy atom. The summed E-state index contributed by atoms with van der Waals surface area (Å²) in [5.41, 5.74) is 2.31. The quantitative estimate of drug-likeness (QED) is 0.513. The Labute approximate surface area is 67.9 Å². The Kier molecular flexibility index (Phi) is 1.73. The van der Waals surface area contributed by atoms with Gasteiger partial charge in [0.1, 0.15) is 17.6 Å². The highest BCUT2D eigenvalue weighted by Gasteiger charge is 2.03. The Bertz CT molecular complexity index is 385. The van der Waals surface area contributed by atoms with Crippen LogP contribution in [0.3, 0.4) is 0 Å². The van der Waals surface area contributed by atoms with E-state index in [0.717, 1.165) is 16.6 Å². The fraction of sp³-hybridized carbons (Fsp3) is 0.143. The van der Waals surface area contributed by atoms with Gasteiger partial charge >= 0.3 is 0 Å². The third-order valence-corrected chi connectivity index (χ3v) is 1.65. The minimum Gasteiger partial charge on any atom is -0.251 e. The Balaban J connectivity index is 2.57. The summed E-state index contributed by atoms with van der Waals surface area (Å²) in [6.07, 6.45) is 0. The number of para-hydroxylation sites is 1. The lowest BCUT2D eigenvalue weighted by Gasteiger charge is -1.96. The van der Waals surface area contributed by atoms with Gasteiger partial charge in [-0.2, -0.15) is 15.4 Å². The summed E-state index contributed by atoms with van der Waals surface area (Å²) in [6, 6.07) is 5.49. The number of benzene rings is 1. The molecule has 0 aliphatic rings. The highest BCUT2D eigenvalue weighted by Crippen LogP contribution is 2.13. The van der Waals surface area contributed by atoms with E-state index < -0.39 is 0 Å². The fourth-order valence-electron chi connectivity index (χ4n) is 1.11. The van der Waals surface area contributed by atoms with Crippen molar-refractivity contribution >= 4 is 11.0 Å². The Morgan fingerprint density at radius 1 is 1.42 bits per heavy atom. The zero-order valence-corrected chi connectivity index (χ0v) is 6.19. The third-order valence-electron chi connectivity index (χ3n) is 1.65. The summed E-state index contributed by atoms with van der Waals surface area (Å²) < 4.78 is 0. The zero-order valence-electron chi connectivity index (χ0n) is 6.19. The molecule has 1 aromatic heterocycles. The molecule has 0 aliphatic heterocycles. The van der Waals surface area contributed by atoms with E-state index in [1.807, 2.05) is 18.2 Å². The van der Waals surface area contributed by atoms with E-state index in [1.54, 1.807) is 0 Å². The molecule has 62 valence electrons. The first-order valence-electron chi connectivity index (χ1n) is 3.46. The topological polar surface area (TPSA) is 71.0 Å². The molecule has 5 nitrogen and oxygen atoms in total. The van der Waals surface area contributed by atoms with Crippen molar-refractivity contribution in [2.75, 3.05) is 0 Å². The predicted molar refractivity (Wildman–Crippen MR) is 41.3 cm³/mol. The van der Waals surface area contributed by atoms with Crippen LogP contribution in [0.4, 0.5) is 0 Å². The summed E-state index contributed by atoms with van der Waals surface area (Å²) in [5.74, 6) is 0. The van der Waals surface area contributed by atoms with E-state index in [2.05, 4.69) is 20.3 Å². The summed E-state index contributed by atoms with van der Waals surface area (Å²) in [7, 11) is 0. The van der Waals surface area contributed by atoms with E-state index >= 15 is 0 Å². The lowest BCUT2D eigenvalue weighted by atomic mass is 10.2. The lowest BCUT2D eigenvalue weighted by molar-refractivity contribution is -0.252. The summed E-state index contributed by atoms with van der Waals surface area (Å²) in [5, 5.41) is 18.6. The molecule has 2 N–H and O–H groups in total. The van der Waals surface area contributed by atoms with Gasteiger partial charge in [0.15, 0.2) is 0 Å². The highest BCUT2D eigenvalue weighted by molar-refractivity contribution is 5.76. The van der Waals surface area contributed by atoms with E-state index in [1.165, 1.54) is 0 Å². The number of nitrogens with zero attached hydrogens (tertiary/aromatic N) is 2. The first-order chi connectivity index (χ1) is 5.92. The van der Waals surface area contributed by atoms with E-state index in [4.69, 9.17) is 5.26 Å². The largest absolute Gasteiger partial charge is 0.251 e. The van der Waals surface area contributed by atoms with E-state index in [9.17, 15) is 0 Å². The van der Waals surface area contributed by atoms with Crippen molar-refractivity contribution in [3.8, 4) is 0 Å². The van der Waals surface area contributed by atoms with Crippen LogP contribution in [-0.4, -0.2) is 20.7 Å². The second-order valence-corrected chi connectivity index (χ2v) is 2.38. The number of fused-ring (bicyclic) bond motifs is 1. The average Bonchev–Trinajstić information content (AvgIpc) is 2.53. The zero-order chi connectivity index (χ0) is 8.39. The monoisotopic (exact) mass is 165 g/mol. The van der Waals surface area contributed by atoms with Gasteiger partial charge in [-0.25, -0.2) is 4.89 Å². The summed E-state index contributed by atoms with van der Waals surface area (Å²) in [6.45, 7) is 0.129. The first-order valence-corrected chi connectivity index (χ1v) is 3.46. The SMILES string of the molecule is OOCc1cccc2n[nH]nc12. The first kappa shape index (κ1) is 7.20. The smallest absolute Gasteiger partial charge is 0.118 e. The minimum absolute atomic E-state index is 0.129. The maximum absolute atomic E-state index is 8.26. The Hall–Kier alpha value is -1.46. The van der Waals surface area contributed by atoms with Gasteiger partial charge in [0.25, 0.3) is 0 Å². The number of aromatic amines is 1. The van der Waals surface area contributed by atoms with Crippen molar-refractivity contribution in [3.63, 3.8) is 0 Å². The number of hydrogen-bond donors (Lipinski definition) is 2. The van der Waals surface area contributed by atoms with Crippen LogP contribution in [0.25, 0.3) is 11.0 Å². The molecular formula is C7H7N3O2. The molecule has 1 aromatic carbocycles. The van der Waals surface area contributed by atoms with Gasteiger partial charge in [-0.3, -0.25) is 5.26 Å². The molecule has 0 amide bonds. The predicted octanol–water partition coefficient (Wildman–Crippen LogP) is 0.947. The number of hydrogen-bond acceptors (Lipinski definition) is 4. The summed E-state index contributed by atoms with van der Waals surface area (Å²) in [4.78, 5) is 4.02. The molecule has 0 radical (unpaired) electrons. The van der Waals surface area contributed by atoms with Crippen LogP contribution < -0.4 is 0 Å². The molecule has 0 unspecified atom stereocenters. The van der Waals surface area contributed by atoms with Crippen LogP contribution in [0.15, 0.2) is 18.2 Å². The highest BCUT2D eigenvalue weighted by atomic mass is 17.1. The fourth-order valence-corrected chi connectivity index (χ4v) is 1.11. The molecule has 0 atom stereocenters. The molecule has 1 heterocycles. The van der Waals surface area contributed by atoms with Gasteiger partial charge in [-0.1, -0.05) is 12.1 Å². The van der Waals surface area contributed by atoms with Crippen molar-refractivity contribution in [1.29, 1.82) is 0 Å². The van der Waals surface area contributed by atoms with Gasteiger partial charge in [-0.05, 0) is 6.07 Å². The molecule has 2 rings (SSSR count). The normalized spacial score (nSPS) is 10.8. The second kappa shape index (κ2) is 2.88. The van der Waals surface area contributed by atoms with E-state index in [0.29, 0.717) is 0 Å². The van der Waals surface area contributed by atoms with Gasteiger partial charge < -0.3 is 0 Å². The maximum atomic E-state index is 8.26. The van der Waals surface area contributed by atoms with Crippen molar-refractivity contribution < 1.29 is 10.1 Å². The van der Waals surface area contributed by atoms with E-state index in [-0.39, 0.29) is 6.61 Å². The number of aromatic nitrogens is 3. The summed E-state index contributed by atoms with van der Waals surface area (Å²) >= 11 is 0. The molecular weight excluding hydrogens is 158 g/mol. The van der Waals surface area contributed by atoms with Crippen molar-refractivity contribution in [1.82, 2.24) is 15.4 Å². The minimum atomic E-state index is 0.129. The molecule has 0 aliphatic carbocycles. The van der Waals surface area contributed by atoms with Crippen LogP contribution in [-0.2, 0) is 11.5 Å². The van der Waals surface area contributed by atoms with Gasteiger partial charge in [-0.15, -0.1) is 0 Å². The average molecular weight is 165 g/mol. The molecule has 0 saturated carbocycles. The molecule has 0 bridgehead atoms. The number of rotatable bonds is 2. The van der Waals surface area contributed by atoms with Crippen LogP contribution in [0.2, 0.25) is 0 Å². The van der Waals surface area contributed by atoms with Crippen LogP contribution in [0.5, 0.6) is 0 Å². The van der Waals surface area contributed by atoms with Crippen molar-refractivity contribution in [3.05, 3.63) is 23.8 Å². The molecule has 2 aromatic rings. The van der Waals surface area contributed by atoms with Gasteiger partial charge in [0.2, 0.25) is 0 Å². The molecule has 0 fully saturated rings. The number of H-pyrrole nitrogens is 1. The van der Waals surface area contributed by atoms with Crippen molar-refractivity contribution in [2.45, 2.75) is 6.61 Å². The lowest BCUT2D eigenvalue weighted by Crippen LogP contribution is -1.88. The van der Waals surface area contributed by atoms with Crippen LogP contribution >= 0.6 is 0 Å². The third kappa shape index (κ3) is 1.05. The van der Waals surface area contributed by atoms with Crippen LogP contribution in [0.1, 0.15) is 5.56 Å². The maximum Gasteiger partial charge on any atom is 0.118 e. The number of nitrogens with one attached hydrogen (secondary N) is 1. The van der Waals surface area contributed by atoms with Crippen LogP contribution in [0, 0.1) is 0 Å². The van der Waals surface area contributed by atoms with Crippen molar-refractivity contribution in [2.24, 2.45) is 0 Å². The van der Waals surface area contributed by atoms with Gasteiger partial charge in [0.05, 0.1) is 0 Å². The second-order valence-electron chi connectivity index (χ2n) is 2.38. The molecule has 0 saturated heterocycles. The standard InChI is InChI=1S/C7H7N3O2/c11-12-4-5-2-1-3-6-7(5)9-10-8-6/h1-3,11H,4H2,(H,8,9,10).